The van der Waals surface area contributed by atoms with Crippen LogP contribution in [0.5, 0.6) is 0 Å². The van der Waals surface area contributed by atoms with E-state index in [1.54, 1.807) is 0 Å². The first-order chi connectivity index (χ1) is 6.64. The molecule has 2 N–H and O–H groups in total. The molecule has 0 aliphatic heterocycles. The van der Waals surface area contributed by atoms with E-state index in [1.807, 2.05) is 6.92 Å². The van der Waals surface area contributed by atoms with Gasteiger partial charge in [-0.2, -0.15) is 0 Å². The van der Waals surface area contributed by atoms with Crippen LogP contribution in [-0.4, -0.2) is 35.9 Å². The number of rotatable bonds is 5. The summed E-state index contributed by atoms with van der Waals surface area (Å²) >= 11 is 0. The summed E-state index contributed by atoms with van der Waals surface area (Å²) in [5, 5.41) is 11.9. The first-order valence-electron chi connectivity index (χ1n) is 4.68. The topological polar surface area (TPSA) is 58.6 Å². The molecule has 1 fully saturated rings. The Bertz CT molecular complexity index is 251. The van der Waals surface area contributed by atoms with Crippen molar-refractivity contribution in [1.82, 2.24) is 5.32 Å². The molecule has 0 saturated heterocycles. The van der Waals surface area contributed by atoms with Gasteiger partial charge in [-0.25, -0.2) is 0 Å². The summed E-state index contributed by atoms with van der Waals surface area (Å²) in [6.45, 7) is 2.80. The lowest BCUT2D eigenvalue weighted by atomic mass is 9.74. The first kappa shape index (κ1) is 11.0. The van der Waals surface area contributed by atoms with Crippen LogP contribution in [0.25, 0.3) is 0 Å². The van der Waals surface area contributed by atoms with E-state index in [2.05, 4.69) is 11.2 Å². The minimum atomic E-state index is -0.855. The van der Waals surface area contributed by atoms with Crippen LogP contribution < -0.4 is 5.32 Å². The Morgan fingerprint density at radius 3 is 2.86 bits per heavy atom. The van der Waals surface area contributed by atoms with E-state index in [4.69, 9.17) is 16.3 Å². The number of carboxylic acids is 1. The van der Waals surface area contributed by atoms with Crippen molar-refractivity contribution in [2.75, 3.05) is 13.2 Å². The lowest BCUT2D eigenvalue weighted by Gasteiger charge is -2.44. The maximum Gasteiger partial charge on any atom is 0.324 e. The molecule has 0 bridgehead atoms. The van der Waals surface area contributed by atoms with Gasteiger partial charge < -0.3 is 9.84 Å². The van der Waals surface area contributed by atoms with E-state index >= 15 is 0 Å². The number of hydrogen-bond acceptors (Lipinski definition) is 3. The predicted molar refractivity (Wildman–Crippen MR) is 51.9 cm³/mol. The zero-order valence-corrected chi connectivity index (χ0v) is 8.25. The fraction of sp³-hybridized carbons (Fsp3) is 0.700. The molecule has 0 aromatic heterocycles. The number of aliphatic carboxylic acids is 1. The highest BCUT2D eigenvalue weighted by Gasteiger charge is 2.50. The summed E-state index contributed by atoms with van der Waals surface area (Å²) in [6.07, 6.45) is 6.12. The normalized spacial score (nSPS) is 30.4. The molecule has 1 saturated carbocycles. The van der Waals surface area contributed by atoms with Crippen LogP contribution in [0.4, 0.5) is 0 Å². The Labute approximate surface area is 83.6 Å². The molecular formula is C10H15NO3. The molecule has 0 aromatic carbocycles. The molecule has 1 rings (SSSR count). The van der Waals surface area contributed by atoms with Gasteiger partial charge in [0.05, 0.1) is 12.6 Å². The summed E-state index contributed by atoms with van der Waals surface area (Å²) in [4.78, 5) is 11.0. The number of carbonyl (C=O) groups is 1. The minimum absolute atomic E-state index is 0.0568. The number of hydrogen-bond donors (Lipinski definition) is 2. The van der Waals surface area contributed by atoms with Gasteiger partial charge in [0.1, 0.15) is 5.54 Å². The predicted octanol–water partition coefficient (Wildman–Crippen LogP) is 0.231. The standard InChI is InChI=1S/C10H15NO3/c1-3-5-11-10(9(12)13)6-8(7-10)14-4-2/h1,8,11H,4-7H2,2H3,(H,12,13). The third-order valence-corrected chi connectivity index (χ3v) is 2.49. The second kappa shape index (κ2) is 4.45. The van der Waals surface area contributed by atoms with Gasteiger partial charge in [-0.3, -0.25) is 10.1 Å². The molecule has 1 aliphatic rings. The van der Waals surface area contributed by atoms with Crippen molar-refractivity contribution in [3.05, 3.63) is 0 Å². The number of ether oxygens (including phenoxy) is 1. The van der Waals surface area contributed by atoms with E-state index in [9.17, 15) is 4.79 Å². The van der Waals surface area contributed by atoms with E-state index in [-0.39, 0.29) is 12.6 Å². The Hall–Kier alpha value is -1.05. The van der Waals surface area contributed by atoms with Gasteiger partial charge in [0, 0.05) is 19.4 Å². The summed E-state index contributed by atoms with van der Waals surface area (Å²) in [5.41, 5.74) is -0.855. The van der Waals surface area contributed by atoms with E-state index < -0.39 is 11.5 Å². The quantitative estimate of drug-likeness (QED) is 0.619. The highest BCUT2D eigenvalue weighted by molar-refractivity contribution is 5.80. The Kier molecular flexibility index (Phi) is 3.50. The number of carboxylic acid groups (broad SMARTS) is 1. The fourth-order valence-electron chi connectivity index (χ4n) is 1.69. The molecular weight excluding hydrogens is 182 g/mol. The lowest BCUT2D eigenvalue weighted by Crippen LogP contribution is -2.63. The van der Waals surface area contributed by atoms with Crippen LogP contribution in [0.2, 0.25) is 0 Å². The average molecular weight is 197 g/mol. The lowest BCUT2D eigenvalue weighted by molar-refractivity contribution is -0.157. The highest BCUT2D eigenvalue weighted by atomic mass is 16.5. The highest BCUT2D eigenvalue weighted by Crippen LogP contribution is 2.34. The molecule has 0 amide bonds. The second-order valence-corrected chi connectivity index (χ2v) is 3.43. The average Bonchev–Trinajstić information content (AvgIpc) is 2.08. The van der Waals surface area contributed by atoms with Crippen LogP contribution >= 0.6 is 0 Å². The van der Waals surface area contributed by atoms with Crippen molar-refractivity contribution in [2.45, 2.75) is 31.4 Å². The summed E-state index contributed by atoms with van der Waals surface area (Å²) in [7, 11) is 0. The van der Waals surface area contributed by atoms with Gasteiger partial charge in [-0.1, -0.05) is 5.92 Å². The van der Waals surface area contributed by atoms with Crippen molar-refractivity contribution in [3.8, 4) is 12.3 Å². The summed E-state index contributed by atoms with van der Waals surface area (Å²) < 4.78 is 5.31. The van der Waals surface area contributed by atoms with Crippen molar-refractivity contribution in [3.63, 3.8) is 0 Å². The van der Waals surface area contributed by atoms with Crippen LogP contribution in [-0.2, 0) is 9.53 Å². The van der Waals surface area contributed by atoms with Crippen LogP contribution in [0.3, 0.4) is 0 Å². The van der Waals surface area contributed by atoms with Gasteiger partial charge in [0.2, 0.25) is 0 Å². The van der Waals surface area contributed by atoms with Crippen LogP contribution in [0.15, 0.2) is 0 Å². The molecule has 0 radical (unpaired) electrons. The largest absolute Gasteiger partial charge is 0.480 e. The van der Waals surface area contributed by atoms with Crippen LogP contribution in [0, 0.1) is 12.3 Å². The second-order valence-electron chi connectivity index (χ2n) is 3.43. The third kappa shape index (κ3) is 2.06. The van der Waals surface area contributed by atoms with Crippen molar-refractivity contribution in [1.29, 1.82) is 0 Å². The SMILES string of the molecule is C#CCNC1(C(=O)O)CC(OCC)C1. The zero-order valence-electron chi connectivity index (χ0n) is 8.25. The maximum atomic E-state index is 11.0. The molecule has 4 heteroatoms. The monoisotopic (exact) mass is 197 g/mol. The van der Waals surface area contributed by atoms with Gasteiger partial charge >= 0.3 is 5.97 Å². The molecule has 0 unspecified atom stereocenters. The van der Waals surface area contributed by atoms with Gasteiger partial charge in [0.15, 0.2) is 0 Å². The number of nitrogens with one attached hydrogen (secondary N) is 1. The molecule has 0 atom stereocenters. The Balaban J connectivity index is 2.45. The van der Waals surface area contributed by atoms with Crippen molar-refractivity contribution in [2.24, 2.45) is 0 Å². The molecule has 4 nitrogen and oxygen atoms in total. The fourth-order valence-corrected chi connectivity index (χ4v) is 1.69. The molecule has 1 aliphatic carbocycles. The Morgan fingerprint density at radius 1 is 1.79 bits per heavy atom. The van der Waals surface area contributed by atoms with E-state index in [1.165, 1.54) is 0 Å². The van der Waals surface area contributed by atoms with Crippen molar-refractivity contribution < 1.29 is 14.6 Å². The molecule has 78 valence electrons. The summed E-state index contributed by atoms with van der Waals surface area (Å²) in [6, 6.07) is 0. The minimum Gasteiger partial charge on any atom is -0.480 e. The third-order valence-electron chi connectivity index (χ3n) is 2.49. The molecule has 0 spiro atoms. The zero-order chi connectivity index (χ0) is 10.6. The molecule has 0 aromatic rings. The van der Waals surface area contributed by atoms with E-state index in [0.29, 0.717) is 19.4 Å². The Morgan fingerprint density at radius 2 is 2.43 bits per heavy atom. The number of terminal acetylenes is 1. The van der Waals surface area contributed by atoms with Gasteiger partial charge in [-0.15, -0.1) is 6.42 Å². The molecule has 0 heterocycles. The van der Waals surface area contributed by atoms with Gasteiger partial charge in [-0.05, 0) is 6.92 Å². The maximum absolute atomic E-state index is 11.0. The van der Waals surface area contributed by atoms with Crippen LogP contribution in [0.1, 0.15) is 19.8 Å². The van der Waals surface area contributed by atoms with E-state index in [0.717, 1.165) is 0 Å². The summed E-state index contributed by atoms with van der Waals surface area (Å²) in [5.74, 6) is 1.53. The first-order valence-corrected chi connectivity index (χ1v) is 4.68. The van der Waals surface area contributed by atoms with Gasteiger partial charge in [0.25, 0.3) is 0 Å². The molecule has 14 heavy (non-hydrogen) atoms. The van der Waals surface area contributed by atoms with Crippen molar-refractivity contribution >= 4 is 5.97 Å². The smallest absolute Gasteiger partial charge is 0.324 e.